The van der Waals surface area contributed by atoms with Crippen LogP contribution < -0.4 is 15.4 Å². The summed E-state index contributed by atoms with van der Waals surface area (Å²) in [5.74, 6) is 0.643. The smallest absolute Gasteiger partial charge is 0.306 e. The van der Waals surface area contributed by atoms with E-state index in [0.717, 1.165) is 97.4 Å². The maximum atomic E-state index is 11.2. The van der Waals surface area contributed by atoms with Crippen molar-refractivity contribution >= 4 is 43.7 Å². The van der Waals surface area contributed by atoms with Crippen LogP contribution in [-0.2, 0) is 90.9 Å². The predicted octanol–water partition coefficient (Wildman–Crippen LogP) is 11.9. The third-order valence-electron chi connectivity index (χ3n) is 11.1. The molecular weight excluding hydrogens is 1200 g/mol. The summed E-state index contributed by atoms with van der Waals surface area (Å²) in [6, 6.07) is 0. The molecule has 24 heteroatoms. The van der Waals surface area contributed by atoms with Crippen molar-refractivity contribution in [1.29, 1.82) is 0 Å². The first-order valence-electron chi connectivity index (χ1n) is 33.8. The summed E-state index contributed by atoms with van der Waals surface area (Å²) in [6.07, 6.45) is 18.0. The van der Waals surface area contributed by atoms with Gasteiger partial charge in [0.2, 0.25) is 21.8 Å². The van der Waals surface area contributed by atoms with Crippen LogP contribution in [0.1, 0.15) is 233 Å². The number of methoxy groups -OCH3 is 3. The van der Waals surface area contributed by atoms with Crippen molar-refractivity contribution in [2.24, 2.45) is 11.8 Å². The van der Waals surface area contributed by atoms with Crippen LogP contribution in [0.5, 0.6) is 0 Å². The lowest BCUT2D eigenvalue weighted by Gasteiger charge is -2.20. The molecule has 0 bridgehead atoms. The Morgan fingerprint density at radius 3 is 1.28 bits per heavy atom. The number of unbranched alkanes of at least 4 members (excludes halogenated alkanes) is 5. The number of hydrogen-bond acceptors (Lipinski definition) is 19. The highest BCUT2D eigenvalue weighted by molar-refractivity contribution is 7.88. The van der Waals surface area contributed by atoms with Gasteiger partial charge in [0.25, 0.3) is 10.1 Å². The molecule has 0 aromatic carbocycles. The molecule has 0 spiro atoms. The highest BCUT2D eigenvalue weighted by atomic mass is 32.2. The summed E-state index contributed by atoms with van der Waals surface area (Å²) in [7, 11) is -1.36. The fraction of sp³-hybridized carbons (Fsp3) is 0.939. The lowest BCUT2D eigenvalue weighted by Crippen LogP contribution is -2.26. The summed E-state index contributed by atoms with van der Waals surface area (Å²) in [4.78, 5) is 43.3. The molecule has 0 aliphatic rings. The molecule has 0 rings (SSSR count). The van der Waals surface area contributed by atoms with Crippen molar-refractivity contribution in [2.75, 3.05) is 152 Å². The second kappa shape index (κ2) is 86.5. The number of sulfonamides is 1. The van der Waals surface area contributed by atoms with Gasteiger partial charge in [0.05, 0.1) is 90.1 Å². The van der Waals surface area contributed by atoms with Crippen LogP contribution in [0.4, 0.5) is 0 Å². The molecule has 0 aliphatic carbocycles. The minimum Gasteiger partial charge on any atom is -0.466 e. The molecular formula is C66H143N3O19S2. The van der Waals surface area contributed by atoms with E-state index in [9.17, 15) is 36.0 Å². The molecule has 548 valence electrons. The van der Waals surface area contributed by atoms with Gasteiger partial charge in [-0.2, -0.15) is 8.42 Å². The van der Waals surface area contributed by atoms with Crippen molar-refractivity contribution in [2.45, 2.75) is 245 Å². The number of rotatable bonds is 51. The Labute approximate surface area is 553 Å². The fourth-order valence-electron chi connectivity index (χ4n) is 5.55. The molecule has 2 amide bonds. The van der Waals surface area contributed by atoms with Crippen molar-refractivity contribution < 1.29 is 87.6 Å². The van der Waals surface area contributed by atoms with E-state index >= 15 is 0 Å². The largest absolute Gasteiger partial charge is 0.466 e. The van der Waals surface area contributed by atoms with Gasteiger partial charge in [0.15, 0.2) is 0 Å². The Morgan fingerprint density at radius 1 is 0.422 bits per heavy atom. The molecule has 2 atom stereocenters. The highest BCUT2D eigenvalue weighted by Gasteiger charge is 2.14. The summed E-state index contributed by atoms with van der Waals surface area (Å²) in [5.41, 5.74) is 0. The minimum atomic E-state index is -3.52. The van der Waals surface area contributed by atoms with E-state index in [1.54, 1.807) is 21.3 Å². The van der Waals surface area contributed by atoms with Gasteiger partial charge in [0.1, 0.15) is 5.78 Å². The Morgan fingerprint density at radius 2 is 0.878 bits per heavy atom. The van der Waals surface area contributed by atoms with Crippen molar-refractivity contribution in [3.63, 3.8) is 0 Å². The minimum absolute atomic E-state index is 0.0357. The SMILES string of the molecule is CC(C)COC(C)COC(C)C(C)C.CCC(=O)CC.CCCCCNS(C)(=O)=O.CCCNC(=O)CCC(=O)OCCC.CCCNC(=O)CCS(=O)(=O)OCCC.CCCOC.CCCOCCCCCCOC.CCCOCCOCCOCCOC. The molecule has 0 aromatic heterocycles. The third kappa shape index (κ3) is 116. The lowest BCUT2D eigenvalue weighted by molar-refractivity contribution is -0.145. The summed E-state index contributed by atoms with van der Waals surface area (Å²) in [5, 5.41) is 5.30. The predicted molar refractivity (Wildman–Crippen MR) is 368 cm³/mol. The van der Waals surface area contributed by atoms with Crippen LogP contribution in [0.2, 0.25) is 0 Å². The van der Waals surface area contributed by atoms with Crippen LogP contribution in [0.3, 0.4) is 0 Å². The van der Waals surface area contributed by atoms with Crippen molar-refractivity contribution in [3.8, 4) is 0 Å². The standard InChI is InChI=1S/C12H26O2.C10H19NO3.C10H22O4.C10H22O2.C9H19NO4S.C6H15NO2S.C5H10O.C4H10O/c1-9(2)7-13-11(5)8-14-12(6)10(3)4;1-3-7-11-9(12)5-6-10(13)14-8-4-2;1-3-4-12-7-8-14-10-9-13-6-5-11-2;1-3-8-12-10-7-5-4-6-9-11-2;1-3-6-10-9(11)5-8-15(12,13)14-7-4-2;1-3-4-5-6-7-10(2,8)9;1-3-5(6)4-2;1-3-4-5-2/h9-12H,7-8H2,1-6H3;3-8H2,1-2H3,(H,11,12);3-10H2,1-2H3;3-10H2,1-2H3;3-8H2,1-2H3,(H,10,11);7H,3-6H2,1-2H3;3-4H2,1-2H3;3-4H2,1-2H3. The van der Waals surface area contributed by atoms with E-state index in [1.165, 1.54) is 31.9 Å². The number of ether oxygens (including phenoxy) is 10. The van der Waals surface area contributed by atoms with Gasteiger partial charge in [-0.3, -0.25) is 23.4 Å². The number of hydrogen-bond donors (Lipinski definition) is 3. The van der Waals surface area contributed by atoms with Crippen LogP contribution >= 0.6 is 0 Å². The van der Waals surface area contributed by atoms with Gasteiger partial charge in [-0.1, -0.05) is 123 Å². The van der Waals surface area contributed by atoms with Crippen molar-refractivity contribution in [3.05, 3.63) is 0 Å². The second-order valence-corrected chi connectivity index (χ2v) is 25.1. The number of amides is 2. The fourth-order valence-corrected chi connectivity index (χ4v) is 7.04. The zero-order valence-corrected chi connectivity index (χ0v) is 62.9. The third-order valence-corrected chi connectivity index (χ3v) is 13.0. The zero-order valence-electron chi connectivity index (χ0n) is 61.3. The van der Waals surface area contributed by atoms with Crippen LogP contribution in [0.25, 0.3) is 0 Å². The topological polar surface area (TPSA) is 274 Å². The van der Waals surface area contributed by atoms with Gasteiger partial charge in [-0.25, -0.2) is 13.1 Å². The Kier molecular flexibility index (Phi) is 99.6. The van der Waals surface area contributed by atoms with E-state index in [0.29, 0.717) is 115 Å². The quantitative estimate of drug-likeness (QED) is 0.0290. The van der Waals surface area contributed by atoms with E-state index in [4.69, 9.17) is 47.4 Å². The number of carbonyl (C=O) groups excluding carboxylic acids is 4. The molecule has 0 aromatic rings. The summed E-state index contributed by atoms with van der Waals surface area (Å²) >= 11 is 0. The molecule has 0 saturated heterocycles. The lowest BCUT2D eigenvalue weighted by atomic mass is 10.1. The number of Topliss-reactive ketones (excluding diaryl/α,β-unsaturated/α-hetero) is 1. The van der Waals surface area contributed by atoms with Gasteiger partial charge in [-0.15, -0.1) is 0 Å². The maximum Gasteiger partial charge on any atom is 0.306 e. The average molecular weight is 1350 g/mol. The molecule has 0 radical (unpaired) electrons. The molecule has 0 saturated carbocycles. The first-order valence-corrected chi connectivity index (χ1v) is 37.3. The molecule has 0 aliphatic heterocycles. The van der Waals surface area contributed by atoms with E-state index < -0.39 is 20.1 Å². The highest BCUT2D eigenvalue weighted by Crippen LogP contribution is 2.07. The molecule has 2 unspecified atom stereocenters. The monoisotopic (exact) mass is 1350 g/mol. The van der Waals surface area contributed by atoms with Gasteiger partial charge < -0.3 is 58.0 Å². The average Bonchev–Trinajstić information content (AvgIpc) is 3.74. The van der Waals surface area contributed by atoms with Crippen molar-refractivity contribution in [1.82, 2.24) is 15.4 Å². The molecule has 0 heterocycles. The van der Waals surface area contributed by atoms with Crippen LogP contribution in [-0.4, -0.2) is 205 Å². The first-order chi connectivity index (χ1) is 42.8. The first kappa shape index (κ1) is 104. The van der Waals surface area contributed by atoms with E-state index in [2.05, 4.69) is 88.8 Å². The Bertz CT molecular complexity index is 1600. The maximum absolute atomic E-state index is 11.2. The summed E-state index contributed by atoms with van der Waals surface area (Å²) < 4.78 is 102. The van der Waals surface area contributed by atoms with Gasteiger partial charge in [-0.05, 0) is 89.9 Å². The van der Waals surface area contributed by atoms with E-state index in [-0.39, 0.29) is 55.5 Å². The van der Waals surface area contributed by atoms with Gasteiger partial charge >= 0.3 is 5.97 Å². The Balaban J connectivity index is -0.000000145. The molecule has 0 fully saturated rings. The number of nitrogens with one attached hydrogen (secondary N) is 3. The van der Waals surface area contributed by atoms with Crippen LogP contribution in [0.15, 0.2) is 0 Å². The van der Waals surface area contributed by atoms with Crippen LogP contribution in [0, 0.1) is 11.8 Å². The normalized spacial score (nSPS) is 11.3. The van der Waals surface area contributed by atoms with Gasteiger partial charge in [0, 0.05) is 106 Å². The molecule has 90 heavy (non-hydrogen) atoms. The number of carbonyl (C=O) groups is 4. The molecule has 22 nitrogen and oxygen atoms in total. The zero-order chi connectivity index (χ0) is 70.4. The molecule has 3 N–H and O–H groups in total. The number of ketones is 1. The van der Waals surface area contributed by atoms with E-state index in [1.807, 2.05) is 41.5 Å². The second-order valence-electron chi connectivity index (χ2n) is 21.5. The summed E-state index contributed by atoms with van der Waals surface area (Å²) in [6.45, 7) is 44.9. The Hall–Kier alpha value is -2.46. The number of esters is 1.